The minimum Gasteiger partial charge on any atom is -0.255 e. The molecule has 0 N–H and O–H groups in total. The zero-order valence-corrected chi connectivity index (χ0v) is 30.0. The van der Waals surface area contributed by atoms with Crippen LogP contribution in [0.4, 0.5) is 0 Å². The van der Waals surface area contributed by atoms with Crippen LogP contribution in [0.15, 0.2) is 128 Å². The van der Waals surface area contributed by atoms with Crippen molar-refractivity contribution in [2.24, 2.45) is 0 Å². The summed E-state index contributed by atoms with van der Waals surface area (Å²) in [5.74, 6) is 2.65. The summed E-state index contributed by atoms with van der Waals surface area (Å²) < 4.78 is 67.9. The molecule has 6 aromatic rings. The number of nitriles is 1. The minimum absolute atomic E-state index is 0. The van der Waals surface area contributed by atoms with Crippen LogP contribution in [0.2, 0.25) is 0 Å². The number of halogens is 2. The molecule has 0 saturated carbocycles. The van der Waals surface area contributed by atoms with E-state index < -0.39 is 20.5 Å². The zero-order chi connectivity index (χ0) is 37.7. The average molecular weight is 832 g/mol. The third kappa shape index (κ3) is 19.3. The molecule has 0 aromatic carbocycles. The molecule has 0 atom stereocenters. The zero-order valence-electron chi connectivity index (χ0n) is 26.7. The summed E-state index contributed by atoms with van der Waals surface area (Å²) >= 11 is 0. The SMILES string of the molecule is C#Cc1cc(-c2ccccn2)nc(-c2ccccn2)c1.CC#N.[O-][Cl+3]([O-])([O-])[O-].[O-][Cl+3]([O-])([O-])[O-].[Ru+2].c1ccc(-c2cccc(-c3ccccn3)n2)nc1. The molecule has 6 aromatic heterocycles. The van der Waals surface area contributed by atoms with Crippen LogP contribution in [0.1, 0.15) is 12.5 Å². The fraction of sp³-hybridized carbons (Fsp3) is 0.0294. The van der Waals surface area contributed by atoms with Crippen LogP contribution in [0.5, 0.6) is 0 Å². The van der Waals surface area contributed by atoms with Gasteiger partial charge in [0.2, 0.25) is 0 Å². The van der Waals surface area contributed by atoms with E-state index in [9.17, 15) is 0 Å². The van der Waals surface area contributed by atoms with E-state index in [-0.39, 0.29) is 19.5 Å². The van der Waals surface area contributed by atoms with Crippen molar-refractivity contribution >= 4 is 0 Å². The third-order valence-corrected chi connectivity index (χ3v) is 5.45. The molecule has 0 spiro atoms. The van der Waals surface area contributed by atoms with Crippen LogP contribution in [-0.4, -0.2) is 29.9 Å². The molecule has 0 unspecified atom stereocenters. The largest absolute Gasteiger partial charge is 2.00 e. The molecule has 52 heavy (non-hydrogen) atoms. The number of rotatable bonds is 4. The van der Waals surface area contributed by atoms with Gasteiger partial charge in [0.1, 0.15) is 0 Å². The number of nitrogens with zero attached hydrogens (tertiary/aromatic N) is 7. The molecule has 0 aliphatic rings. The van der Waals surface area contributed by atoms with Crippen molar-refractivity contribution in [3.05, 3.63) is 133 Å². The second-order valence-electron chi connectivity index (χ2n) is 9.02. The number of hydrogen-bond acceptors (Lipinski definition) is 15. The summed E-state index contributed by atoms with van der Waals surface area (Å²) in [5, 5.41) is 7.32. The maximum Gasteiger partial charge on any atom is 2.00 e. The van der Waals surface area contributed by atoms with E-state index in [0.717, 1.165) is 51.1 Å². The average Bonchev–Trinajstić information content (AvgIpc) is 3.12. The Morgan fingerprint density at radius 2 is 0.731 bits per heavy atom. The number of aromatic nitrogens is 6. The normalized spacial score (nSPS) is 9.83. The van der Waals surface area contributed by atoms with E-state index in [4.69, 9.17) is 49.0 Å². The van der Waals surface area contributed by atoms with E-state index in [0.29, 0.717) is 0 Å². The van der Waals surface area contributed by atoms with Crippen LogP contribution in [-0.2, 0) is 19.5 Å². The quantitative estimate of drug-likeness (QED) is 0.130. The molecule has 266 valence electrons. The summed E-state index contributed by atoms with van der Waals surface area (Å²) in [7, 11) is -9.89. The smallest absolute Gasteiger partial charge is 0.255 e. The Hall–Kier alpha value is -5.17. The minimum atomic E-state index is -4.94. The molecule has 0 amide bonds. The Morgan fingerprint density at radius 1 is 0.481 bits per heavy atom. The summed E-state index contributed by atoms with van der Waals surface area (Å²) in [4.78, 5) is 26.4. The van der Waals surface area contributed by atoms with Crippen LogP contribution < -0.4 is 37.3 Å². The molecule has 0 fully saturated rings. The Labute approximate surface area is 315 Å². The molecule has 0 aliphatic heterocycles. The van der Waals surface area contributed by atoms with Gasteiger partial charge >= 0.3 is 19.5 Å². The number of pyridine rings is 6. The second kappa shape index (κ2) is 23.3. The van der Waals surface area contributed by atoms with E-state index in [1.54, 1.807) is 30.9 Å². The molecule has 0 bridgehead atoms. The summed E-state index contributed by atoms with van der Waals surface area (Å²) in [6.07, 6.45) is 12.5. The molecule has 18 heteroatoms. The van der Waals surface area contributed by atoms with Gasteiger partial charge in [-0.2, -0.15) is 5.26 Å². The van der Waals surface area contributed by atoms with Gasteiger partial charge in [0, 0.05) is 37.3 Å². The standard InChI is InChI=1S/C17H11N3.C15H11N3.C2H3N.2ClHO4.Ru/c1-2-13-11-16(14-7-3-5-9-18-14)20-17(12-13)15-8-4-6-10-19-15;1-3-10-16-12(6-1)14-8-5-9-15(18-14)13-7-2-4-11-17-13;1-2-3;2*2-1(3,4)5;/h1,3-12H;1-11H;1H3;2*(H,2,3,4,5);/q;;;;;+2/p-2. The Bertz CT molecular complexity index is 1850. The topological polar surface area (TPSA) is 286 Å². The number of terminal acetylenes is 1. The van der Waals surface area contributed by atoms with Gasteiger partial charge in [0.25, 0.3) is 0 Å². The van der Waals surface area contributed by atoms with Crippen molar-refractivity contribution in [3.8, 4) is 64.0 Å². The van der Waals surface area contributed by atoms with Crippen LogP contribution in [0.25, 0.3) is 45.6 Å². The molecule has 0 radical (unpaired) electrons. The predicted octanol–water partition coefficient (Wildman–Crippen LogP) is -2.59. The second-order valence-corrected chi connectivity index (χ2v) is 10.5. The third-order valence-electron chi connectivity index (χ3n) is 5.45. The molecule has 0 aliphatic carbocycles. The summed E-state index contributed by atoms with van der Waals surface area (Å²) in [5.41, 5.74) is 7.32. The van der Waals surface area contributed by atoms with Gasteiger partial charge in [-0.1, -0.05) is 36.3 Å². The van der Waals surface area contributed by atoms with Crippen LogP contribution >= 0.6 is 0 Å². The first-order valence-corrected chi connectivity index (χ1v) is 16.3. The first kappa shape index (κ1) is 44.9. The van der Waals surface area contributed by atoms with Crippen molar-refractivity contribution in [1.82, 2.24) is 29.9 Å². The van der Waals surface area contributed by atoms with Crippen molar-refractivity contribution in [3.63, 3.8) is 0 Å². The van der Waals surface area contributed by atoms with Crippen molar-refractivity contribution in [2.75, 3.05) is 0 Å². The van der Waals surface area contributed by atoms with E-state index in [1.807, 2.05) is 103 Å². The predicted molar refractivity (Wildman–Crippen MR) is 161 cm³/mol. The van der Waals surface area contributed by atoms with Gasteiger partial charge in [-0.05, 0) is 72.8 Å². The van der Waals surface area contributed by atoms with Crippen molar-refractivity contribution in [1.29, 1.82) is 5.26 Å². The molecule has 0 saturated heterocycles. The fourth-order valence-electron chi connectivity index (χ4n) is 3.65. The molecule has 15 nitrogen and oxygen atoms in total. The van der Waals surface area contributed by atoms with Crippen molar-refractivity contribution in [2.45, 2.75) is 6.92 Å². The van der Waals surface area contributed by atoms with Gasteiger partial charge in [0.05, 0.1) is 51.6 Å². The summed E-state index contributed by atoms with van der Waals surface area (Å²) in [6.45, 7) is 1.43. The molecule has 6 rings (SSSR count). The van der Waals surface area contributed by atoms with Gasteiger partial charge in [-0.3, -0.25) is 19.9 Å². The number of hydrogen-bond donors (Lipinski definition) is 0. The van der Waals surface area contributed by atoms with Gasteiger partial charge in [-0.15, -0.1) is 26.9 Å². The monoisotopic (exact) mass is 831 g/mol. The van der Waals surface area contributed by atoms with E-state index in [2.05, 4.69) is 35.8 Å². The van der Waals surface area contributed by atoms with E-state index in [1.165, 1.54) is 6.92 Å². The molecule has 6 heterocycles. The van der Waals surface area contributed by atoms with Crippen LogP contribution in [0.3, 0.4) is 0 Å². The Morgan fingerprint density at radius 3 is 0.981 bits per heavy atom. The molecular weight excluding hydrogens is 806 g/mol. The first-order valence-electron chi connectivity index (χ1n) is 13.9. The van der Waals surface area contributed by atoms with Gasteiger partial charge in [-0.25, -0.2) is 47.2 Å². The van der Waals surface area contributed by atoms with Crippen molar-refractivity contribution < 1.29 is 77.2 Å². The van der Waals surface area contributed by atoms with Gasteiger partial charge < -0.3 is 0 Å². The Balaban J connectivity index is 0.000000387. The maximum atomic E-state index is 8.49. The van der Waals surface area contributed by atoms with E-state index >= 15 is 0 Å². The fourth-order valence-corrected chi connectivity index (χ4v) is 3.65. The first-order chi connectivity index (χ1) is 24.2. The van der Waals surface area contributed by atoms with Gasteiger partial charge in [0.15, 0.2) is 0 Å². The Kier molecular flexibility index (Phi) is 20.1. The van der Waals surface area contributed by atoms with Crippen LogP contribution in [0, 0.1) is 44.2 Å². The maximum absolute atomic E-state index is 8.49. The summed E-state index contributed by atoms with van der Waals surface area (Å²) in [6, 6.07) is 34.3. The molecular formula is C34H25Cl2N7O8Ru.